The number of allylic oxidation sites excluding steroid dienone is 2. The monoisotopic (exact) mass is 478 g/mol. The van der Waals surface area contributed by atoms with Crippen molar-refractivity contribution in [3.05, 3.63) is 65.2 Å². The smallest absolute Gasteiger partial charge is 0.316 e. The van der Waals surface area contributed by atoms with Crippen LogP contribution in [0.25, 0.3) is 0 Å². The first-order valence-electron chi connectivity index (χ1n) is 11.2. The average Bonchev–Trinajstić information content (AvgIpc) is 3.32. The topological polar surface area (TPSA) is 84.0 Å². The van der Waals surface area contributed by atoms with E-state index >= 15 is 0 Å². The SMILES string of the molecule is Cc1cc(OC(=O)[C@@H]2CC(=O)N(c3cccc(Cl)c3)C2)ccc1N1C(=O)[C@H]2CC=CC[C@@H]2C1=O. The van der Waals surface area contributed by atoms with Gasteiger partial charge in [-0.25, -0.2) is 4.90 Å². The van der Waals surface area contributed by atoms with Crippen LogP contribution in [0.5, 0.6) is 5.75 Å². The second-order valence-corrected chi connectivity index (χ2v) is 9.36. The highest BCUT2D eigenvalue weighted by Crippen LogP contribution is 2.39. The second-order valence-electron chi connectivity index (χ2n) is 8.92. The molecule has 3 amide bonds. The summed E-state index contributed by atoms with van der Waals surface area (Å²) in [5, 5.41) is 0.511. The maximum atomic E-state index is 12.9. The number of aryl methyl sites for hydroxylation is 1. The van der Waals surface area contributed by atoms with Crippen LogP contribution in [-0.4, -0.2) is 30.2 Å². The van der Waals surface area contributed by atoms with E-state index in [1.54, 1.807) is 49.4 Å². The second kappa shape index (κ2) is 8.72. The molecule has 0 spiro atoms. The maximum absolute atomic E-state index is 12.9. The lowest BCUT2D eigenvalue weighted by Crippen LogP contribution is -2.31. The number of carbonyl (C=O) groups excluding carboxylic acids is 4. The summed E-state index contributed by atoms with van der Waals surface area (Å²) in [6.45, 7) is 1.98. The van der Waals surface area contributed by atoms with Gasteiger partial charge in [-0.3, -0.25) is 19.2 Å². The molecule has 1 aliphatic carbocycles. The molecule has 3 aliphatic rings. The van der Waals surface area contributed by atoms with Crippen LogP contribution in [0, 0.1) is 24.7 Å². The van der Waals surface area contributed by atoms with Gasteiger partial charge in [-0.2, -0.15) is 0 Å². The number of ether oxygens (including phenoxy) is 1. The molecule has 5 rings (SSSR count). The van der Waals surface area contributed by atoms with Gasteiger partial charge in [0.15, 0.2) is 0 Å². The average molecular weight is 479 g/mol. The Morgan fingerprint density at radius 2 is 1.71 bits per heavy atom. The molecule has 34 heavy (non-hydrogen) atoms. The summed E-state index contributed by atoms with van der Waals surface area (Å²) in [6.07, 6.45) is 5.11. The van der Waals surface area contributed by atoms with E-state index in [2.05, 4.69) is 0 Å². The van der Waals surface area contributed by atoms with E-state index in [0.717, 1.165) is 0 Å². The van der Waals surface area contributed by atoms with Crippen LogP contribution in [0.2, 0.25) is 5.02 Å². The van der Waals surface area contributed by atoms with Crippen molar-refractivity contribution in [3.8, 4) is 5.75 Å². The summed E-state index contributed by atoms with van der Waals surface area (Å²) < 4.78 is 5.56. The first-order valence-corrected chi connectivity index (χ1v) is 11.6. The summed E-state index contributed by atoms with van der Waals surface area (Å²) >= 11 is 6.03. The zero-order valence-electron chi connectivity index (χ0n) is 18.6. The molecule has 0 radical (unpaired) electrons. The Kier molecular flexibility index (Phi) is 5.73. The van der Waals surface area contributed by atoms with Crippen LogP contribution in [0.3, 0.4) is 0 Å². The largest absolute Gasteiger partial charge is 0.426 e. The zero-order valence-corrected chi connectivity index (χ0v) is 19.3. The van der Waals surface area contributed by atoms with Crippen LogP contribution >= 0.6 is 11.6 Å². The van der Waals surface area contributed by atoms with E-state index < -0.39 is 11.9 Å². The Bertz CT molecular complexity index is 1210. The van der Waals surface area contributed by atoms with Crippen LogP contribution < -0.4 is 14.5 Å². The fourth-order valence-corrected chi connectivity index (χ4v) is 5.12. The lowest BCUT2D eigenvalue weighted by Gasteiger charge is -2.19. The van der Waals surface area contributed by atoms with Crippen molar-refractivity contribution in [3.63, 3.8) is 0 Å². The van der Waals surface area contributed by atoms with Gasteiger partial charge in [0.1, 0.15) is 5.75 Å². The first-order chi connectivity index (χ1) is 16.3. The Labute approximate surface area is 201 Å². The zero-order chi connectivity index (χ0) is 24.0. The van der Waals surface area contributed by atoms with Gasteiger partial charge < -0.3 is 9.64 Å². The standard InChI is InChI=1S/C26H23ClN2O5/c1-15-11-19(9-10-22(15)29-24(31)20-7-2-3-8-21(20)25(29)32)34-26(33)16-12-23(30)28(14-16)18-6-4-5-17(27)13-18/h2-6,9-11,13,16,20-21H,7-8,12,14H2,1H3/t16-,20+,21+/m1/s1. The minimum absolute atomic E-state index is 0.0516. The van der Waals surface area contributed by atoms with Crippen LogP contribution in [0.4, 0.5) is 11.4 Å². The number of carbonyl (C=O) groups is 4. The molecule has 2 heterocycles. The highest BCUT2D eigenvalue weighted by molar-refractivity contribution is 6.31. The highest BCUT2D eigenvalue weighted by atomic mass is 35.5. The number of amides is 3. The quantitative estimate of drug-likeness (QED) is 0.286. The lowest BCUT2D eigenvalue weighted by molar-refractivity contribution is -0.139. The number of anilines is 2. The number of esters is 1. The third kappa shape index (κ3) is 3.90. The van der Waals surface area contributed by atoms with Crippen molar-refractivity contribution in [1.82, 2.24) is 0 Å². The van der Waals surface area contributed by atoms with Crippen molar-refractivity contribution in [2.45, 2.75) is 26.2 Å². The van der Waals surface area contributed by atoms with Crippen molar-refractivity contribution in [2.24, 2.45) is 17.8 Å². The molecule has 0 aromatic heterocycles. The van der Waals surface area contributed by atoms with Gasteiger partial charge in [0.25, 0.3) is 0 Å². The molecule has 174 valence electrons. The minimum atomic E-state index is -0.608. The Morgan fingerprint density at radius 1 is 1.00 bits per heavy atom. The van der Waals surface area contributed by atoms with Gasteiger partial charge in [-0.05, 0) is 61.7 Å². The molecular weight excluding hydrogens is 456 g/mol. The van der Waals surface area contributed by atoms with Gasteiger partial charge in [-0.15, -0.1) is 0 Å². The Hall–Kier alpha value is -3.45. The van der Waals surface area contributed by atoms with Crippen molar-refractivity contribution in [2.75, 3.05) is 16.3 Å². The Balaban J connectivity index is 1.28. The van der Waals surface area contributed by atoms with E-state index in [4.69, 9.17) is 16.3 Å². The van der Waals surface area contributed by atoms with Gasteiger partial charge in [0, 0.05) is 23.7 Å². The highest BCUT2D eigenvalue weighted by Gasteiger charge is 2.48. The van der Waals surface area contributed by atoms with E-state index in [0.29, 0.717) is 40.6 Å². The van der Waals surface area contributed by atoms with Crippen molar-refractivity contribution < 1.29 is 23.9 Å². The number of nitrogens with zero attached hydrogens (tertiary/aromatic N) is 2. The first kappa shape index (κ1) is 22.3. The number of hydrogen-bond donors (Lipinski definition) is 0. The van der Waals surface area contributed by atoms with Gasteiger partial charge >= 0.3 is 5.97 Å². The molecule has 2 aromatic rings. The number of imide groups is 1. The van der Waals surface area contributed by atoms with E-state index in [-0.39, 0.29) is 42.5 Å². The van der Waals surface area contributed by atoms with Crippen LogP contribution in [0.15, 0.2) is 54.6 Å². The number of rotatable bonds is 4. The molecule has 2 aliphatic heterocycles. The molecule has 3 atom stereocenters. The minimum Gasteiger partial charge on any atom is -0.426 e. The third-order valence-corrected chi connectivity index (χ3v) is 6.95. The lowest BCUT2D eigenvalue weighted by atomic mass is 9.85. The predicted molar refractivity (Wildman–Crippen MR) is 127 cm³/mol. The number of fused-ring (bicyclic) bond motifs is 1. The molecule has 2 fully saturated rings. The van der Waals surface area contributed by atoms with Crippen LogP contribution in [-0.2, 0) is 19.2 Å². The molecule has 2 saturated heterocycles. The summed E-state index contributed by atoms with van der Waals surface area (Å²) in [7, 11) is 0. The van der Waals surface area contributed by atoms with Gasteiger partial charge in [-0.1, -0.05) is 29.8 Å². The third-order valence-electron chi connectivity index (χ3n) is 6.71. The molecule has 0 unspecified atom stereocenters. The molecular formula is C26H23ClN2O5. The predicted octanol–water partition coefficient (Wildman–Crippen LogP) is 4.06. The van der Waals surface area contributed by atoms with E-state index in [1.165, 1.54) is 9.80 Å². The van der Waals surface area contributed by atoms with E-state index in [9.17, 15) is 19.2 Å². The molecule has 2 aromatic carbocycles. The molecule has 8 heteroatoms. The van der Waals surface area contributed by atoms with Crippen molar-refractivity contribution >= 4 is 46.7 Å². The molecule has 0 saturated carbocycles. The summed E-state index contributed by atoms with van der Waals surface area (Å²) in [6, 6.07) is 11.8. The van der Waals surface area contributed by atoms with Crippen LogP contribution in [0.1, 0.15) is 24.8 Å². The molecule has 0 N–H and O–H groups in total. The summed E-state index contributed by atoms with van der Waals surface area (Å²) in [5.41, 5.74) is 1.80. The number of halogens is 1. The fourth-order valence-electron chi connectivity index (χ4n) is 4.94. The fraction of sp³-hybridized carbons (Fsp3) is 0.308. The molecule has 0 bridgehead atoms. The van der Waals surface area contributed by atoms with E-state index in [1.807, 2.05) is 12.2 Å². The maximum Gasteiger partial charge on any atom is 0.316 e. The summed E-state index contributed by atoms with van der Waals surface area (Å²) in [4.78, 5) is 53.8. The van der Waals surface area contributed by atoms with Crippen molar-refractivity contribution in [1.29, 1.82) is 0 Å². The molecule has 7 nitrogen and oxygen atoms in total. The normalized spacial score (nSPS) is 24.1. The van der Waals surface area contributed by atoms with Gasteiger partial charge in [0.05, 0.1) is 23.4 Å². The Morgan fingerprint density at radius 3 is 2.35 bits per heavy atom. The summed E-state index contributed by atoms with van der Waals surface area (Å²) in [5.74, 6) is -1.96. The number of benzene rings is 2. The van der Waals surface area contributed by atoms with Gasteiger partial charge in [0.2, 0.25) is 17.7 Å². The number of hydrogen-bond acceptors (Lipinski definition) is 5.